The zero-order valence-electron chi connectivity index (χ0n) is 16.1. The van der Waals surface area contributed by atoms with Gasteiger partial charge in [0.15, 0.2) is 0 Å². The number of anilines is 1. The number of carbonyl (C=O) groups excluding carboxylic acids is 2. The molecule has 0 fully saturated rings. The van der Waals surface area contributed by atoms with Gasteiger partial charge in [-0.15, -0.1) is 5.10 Å². The number of nitrogens with one attached hydrogen (secondary N) is 1. The van der Waals surface area contributed by atoms with Crippen molar-refractivity contribution in [3.05, 3.63) is 59.8 Å². The molecule has 156 valence electrons. The van der Waals surface area contributed by atoms with E-state index in [0.29, 0.717) is 18.8 Å². The monoisotopic (exact) mass is 415 g/mol. The molecule has 0 saturated heterocycles. The lowest BCUT2D eigenvalue weighted by atomic mass is 10.0. The number of nitrogens with zero attached hydrogens (tertiary/aromatic N) is 6. The average Bonchev–Trinajstić information content (AvgIpc) is 3.36. The second kappa shape index (κ2) is 8.01. The number of amides is 2. The molecule has 0 bridgehead atoms. The van der Waals surface area contributed by atoms with Gasteiger partial charge in [-0.2, -0.15) is 5.10 Å². The van der Waals surface area contributed by atoms with Gasteiger partial charge in [-0.05, 0) is 12.5 Å². The lowest BCUT2D eigenvalue weighted by Gasteiger charge is -2.19. The highest BCUT2D eigenvalue weighted by molar-refractivity contribution is 5.95. The van der Waals surface area contributed by atoms with Crippen LogP contribution in [0.4, 0.5) is 14.6 Å². The molecule has 0 radical (unpaired) electrons. The Labute approximate surface area is 170 Å². The van der Waals surface area contributed by atoms with Gasteiger partial charge in [0.1, 0.15) is 23.8 Å². The molecule has 1 atom stereocenters. The maximum absolute atomic E-state index is 13.8. The molecular weight excluding hydrogens is 396 g/mol. The first-order valence-corrected chi connectivity index (χ1v) is 9.33. The molecule has 4 rings (SSSR count). The fourth-order valence-corrected chi connectivity index (χ4v) is 3.35. The van der Waals surface area contributed by atoms with Gasteiger partial charge in [0.25, 0.3) is 5.91 Å². The van der Waals surface area contributed by atoms with Gasteiger partial charge in [-0.1, -0.05) is 6.07 Å². The lowest BCUT2D eigenvalue weighted by molar-refractivity contribution is -0.121. The molecule has 0 spiro atoms. The van der Waals surface area contributed by atoms with Crippen molar-refractivity contribution in [1.29, 1.82) is 0 Å². The van der Waals surface area contributed by atoms with Gasteiger partial charge in [-0.3, -0.25) is 14.5 Å². The third-order valence-corrected chi connectivity index (χ3v) is 5.00. The van der Waals surface area contributed by atoms with Crippen LogP contribution in [0.25, 0.3) is 0 Å². The molecule has 1 N–H and O–H groups in total. The summed E-state index contributed by atoms with van der Waals surface area (Å²) in [7, 11) is 1.67. The number of aromatic nitrogens is 5. The largest absolute Gasteiger partial charge is 0.348 e. The minimum Gasteiger partial charge on any atom is -0.348 e. The molecule has 1 aliphatic heterocycles. The van der Waals surface area contributed by atoms with E-state index in [1.54, 1.807) is 24.0 Å². The summed E-state index contributed by atoms with van der Waals surface area (Å²) in [5.74, 6) is -1.81. The Bertz CT molecular complexity index is 1090. The minimum absolute atomic E-state index is 0.00373. The molecular formula is C19H19F2N7O2. The second-order valence-electron chi connectivity index (χ2n) is 7.01. The topological polar surface area (TPSA) is 97.9 Å². The van der Waals surface area contributed by atoms with Crippen LogP contribution >= 0.6 is 0 Å². The number of hydrogen-bond acceptors (Lipinski definition) is 5. The summed E-state index contributed by atoms with van der Waals surface area (Å²) < 4.78 is 29.8. The van der Waals surface area contributed by atoms with Gasteiger partial charge in [-0.25, -0.2) is 23.1 Å². The Hall–Kier alpha value is -3.63. The van der Waals surface area contributed by atoms with Gasteiger partial charge in [0, 0.05) is 37.8 Å². The summed E-state index contributed by atoms with van der Waals surface area (Å²) in [6.45, 7) is 0.701. The molecule has 3 aromatic rings. The normalized spacial score (nSPS) is 16.3. The van der Waals surface area contributed by atoms with Crippen molar-refractivity contribution in [1.82, 2.24) is 29.9 Å². The summed E-state index contributed by atoms with van der Waals surface area (Å²) in [6.07, 6.45) is 3.46. The standard InChI is InChI=1S/C19H19F2N7O2/c1-26-16-4-6-24-28(16)7-5-12(19(26)30)9-22-18(29)17-23-11-27(25-17)10-13-2-3-14(20)8-15(13)21/h2-4,6,8,11-12H,5,7,9-10H2,1H3,(H,22,29)/t12-/m1/s1. The first-order valence-electron chi connectivity index (χ1n) is 9.33. The molecule has 11 heteroatoms. The number of benzene rings is 1. The zero-order valence-corrected chi connectivity index (χ0v) is 16.1. The highest BCUT2D eigenvalue weighted by Gasteiger charge is 2.29. The van der Waals surface area contributed by atoms with Crippen molar-refractivity contribution < 1.29 is 18.4 Å². The van der Waals surface area contributed by atoms with Crippen LogP contribution in [0, 0.1) is 17.6 Å². The molecule has 9 nitrogen and oxygen atoms in total. The molecule has 1 aliphatic rings. The maximum Gasteiger partial charge on any atom is 0.290 e. The zero-order chi connectivity index (χ0) is 21.3. The van der Waals surface area contributed by atoms with E-state index in [1.165, 1.54) is 22.0 Å². The van der Waals surface area contributed by atoms with E-state index in [-0.39, 0.29) is 30.4 Å². The molecule has 2 aromatic heterocycles. The number of fused-ring (bicyclic) bond motifs is 1. The SMILES string of the molecule is CN1C(=O)[C@@H](CNC(=O)c2ncn(Cc3ccc(F)cc3F)n2)CCn2nccc21. The third-order valence-electron chi connectivity index (χ3n) is 5.00. The number of carbonyl (C=O) groups is 2. The highest BCUT2D eigenvalue weighted by Crippen LogP contribution is 2.21. The maximum atomic E-state index is 13.8. The first-order chi connectivity index (χ1) is 14.4. The molecule has 0 aliphatic carbocycles. The quantitative estimate of drug-likeness (QED) is 0.676. The summed E-state index contributed by atoms with van der Waals surface area (Å²) in [4.78, 5) is 30.5. The van der Waals surface area contributed by atoms with E-state index in [4.69, 9.17) is 0 Å². The van der Waals surface area contributed by atoms with Crippen LogP contribution < -0.4 is 10.2 Å². The van der Waals surface area contributed by atoms with E-state index in [1.807, 2.05) is 0 Å². The van der Waals surface area contributed by atoms with E-state index >= 15 is 0 Å². The molecule has 1 aromatic carbocycles. The molecule has 2 amide bonds. The second-order valence-corrected chi connectivity index (χ2v) is 7.01. The van der Waals surface area contributed by atoms with Gasteiger partial charge < -0.3 is 5.32 Å². The predicted octanol–water partition coefficient (Wildman–Crippen LogP) is 1.21. The average molecular weight is 415 g/mol. The Morgan fingerprint density at radius 3 is 2.93 bits per heavy atom. The van der Waals surface area contributed by atoms with Crippen LogP contribution in [0.3, 0.4) is 0 Å². The van der Waals surface area contributed by atoms with E-state index in [9.17, 15) is 18.4 Å². The fraction of sp³-hybridized carbons (Fsp3) is 0.316. The van der Waals surface area contributed by atoms with Crippen molar-refractivity contribution in [3.63, 3.8) is 0 Å². The van der Waals surface area contributed by atoms with Crippen molar-refractivity contribution in [2.75, 3.05) is 18.5 Å². The van der Waals surface area contributed by atoms with Gasteiger partial charge >= 0.3 is 0 Å². The number of halogens is 2. The van der Waals surface area contributed by atoms with E-state index in [2.05, 4.69) is 20.5 Å². The van der Waals surface area contributed by atoms with Crippen LogP contribution in [0.5, 0.6) is 0 Å². The molecule has 30 heavy (non-hydrogen) atoms. The number of hydrogen-bond donors (Lipinski definition) is 1. The summed E-state index contributed by atoms with van der Waals surface area (Å²) >= 11 is 0. The fourth-order valence-electron chi connectivity index (χ4n) is 3.35. The van der Waals surface area contributed by atoms with Crippen molar-refractivity contribution in [3.8, 4) is 0 Å². The number of rotatable bonds is 5. The van der Waals surface area contributed by atoms with Gasteiger partial charge in [0.05, 0.1) is 18.7 Å². The third kappa shape index (κ3) is 3.91. The van der Waals surface area contributed by atoms with Crippen molar-refractivity contribution in [2.24, 2.45) is 5.92 Å². The summed E-state index contributed by atoms with van der Waals surface area (Å²) in [5.41, 5.74) is 0.220. The Morgan fingerprint density at radius 2 is 2.13 bits per heavy atom. The van der Waals surface area contributed by atoms with Crippen LogP contribution in [-0.2, 0) is 17.9 Å². The molecule has 0 unspecified atom stereocenters. The van der Waals surface area contributed by atoms with Crippen LogP contribution in [0.15, 0.2) is 36.8 Å². The Kier molecular flexibility index (Phi) is 5.25. The van der Waals surface area contributed by atoms with Crippen molar-refractivity contribution >= 4 is 17.6 Å². The minimum atomic E-state index is -0.701. The Morgan fingerprint density at radius 1 is 1.30 bits per heavy atom. The summed E-state index contributed by atoms with van der Waals surface area (Å²) in [6, 6.07) is 5.01. The molecule has 3 heterocycles. The van der Waals surface area contributed by atoms with E-state index in [0.717, 1.165) is 12.1 Å². The van der Waals surface area contributed by atoms with Crippen LogP contribution in [0.1, 0.15) is 22.6 Å². The van der Waals surface area contributed by atoms with Gasteiger partial charge in [0.2, 0.25) is 11.7 Å². The predicted molar refractivity (Wildman–Crippen MR) is 102 cm³/mol. The smallest absolute Gasteiger partial charge is 0.290 e. The van der Waals surface area contributed by atoms with Crippen molar-refractivity contribution in [2.45, 2.75) is 19.5 Å². The van der Waals surface area contributed by atoms with Crippen LogP contribution in [0.2, 0.25) is 0 Å². The highest BCUT2D eigenvalue weighted by atomic mass is 19.1. The number of aryl methyl sites for hydroxylation is 1. The first kappa shape index (κ1) is 19.7. The lowest BCUT2D eigenvalue weighted by Crippen LogP contribution is -2.39. The van der Waals surface area contributed by atoms with Crippen LogP contribution in [-0.4, -0.2) is 50.0 Å². The summed E-state index contributed by atoms with van der Waals surface area (Å²) in [5, 5.41) is 10.9. The van der Waals surface area contributed by atoms with E-state index < -0.39 is 23.5 Å². The molecule has 0 saturated carbocycles. The Balaban J connectivity index is 1.37.